The first-order chi connectivity index (χ1) is 7.22. The first-order valence-corrected chi connectivity index (χ1v) is 5.50. The van der Waals surface area contributed by atoms with Gasteiger partial charge in [0.2, 0.25) is 0 Å². The van der Waals surface area contributed by atoms with Gasteiger partial charge in [0, 0.05) is 19.3 Å². The summed E-state index contributed by atoms with van der Waals surface area (Å²) in [7, 11) is 1.31. The molecule has 0 heterocycles. The zero-order chi connectivity index (χ0) is 11.9. The van der Waals surface area contributed by atoms with Gasteiger partial charge < -0.3 is 9.47 Å². The van der Waals surface area contributed by atoms with Crippen molar-refractivity contribution >= 4 is 5.97 Å². The van der Waals surface area contributed by atoms with E-state index >= 15 is 0 Å². The van der Waals surface area contributed by atoms with Crippen molar-refractivity contribution in [3.63, 3.8) is 0 Å². The molecule has 0 bridgehead atoms. The highest BCUT2D eigenvalue weighted by Gasteiger charge is 1.84. The molecule has 0 aromatic heterocycles. The van der Waals surface area contributed by atoms with Gasteiger partial charge >= 0.3 is 5.97 Å². The Bertz CT molecular complexity index is 138. The van der Waals surface area contributed by atoms with Crippen LogP contribution >= 0.6 is 0 Å². The van der Waals surface area contributed by atoms with Gasteiger partial charge in [-0.2, -0.15) is 0 Å². The molecule has 0 aliphatic carbocycles. The molecule has 0 aromatic carbocycles. The molecule has 0 amide bonds. The van der Waals surface area contributed by atoms with Crippen LogP contribution in [-0.2, 0) is 14.3 Å². The summed E-state index contributed by atoms with van der Waals surface area (Å²) in [4.78, 5) is 9.84. The molecule has 0 saturated heterocycles. The molecular weight excluding hydrogens is 192 g/mol. The molecule has 0 saturated carbocycles. The number of methoxy groups -OCH3 is 1. The average Bonchev–Trinajstić information content (AvgIpc) is 2.29. The lowest BCUT2D eigenvalue weighted by atomic mass is 10.3. The van der Waals surface area contributed by atoms with Gasteiger partial charge in [0.25, 0.3) is 0 Å². The summed E-state index contributed by atoms with van der Waals surface area (Å²) in [5, 5.41) is 0. The van der Waals surface area contributed by atoms with Crippen molar-refractivity contribution in [3.05, 3.63) is 12.7 Å². The van der Waals surface area contributed by atoms with E-state index in [-0.39, 0.29) is 0 Å². The molecule has 3 heteroatoms. The molecule has 0 radical (unpaired) electrons. The quantitative estimate of drug-likeness (QED) is 0.373. The fraction of sp³-hybridized carbons (Fsp3) is 0.750. The van der Waals surface area contributed by atoms with Crippen molar-refractivity contribution in [3.8, 4) is 0 Å². The Morgan fingerprint density at radius 3 is 1.87 bits per heavy atom. The predicted octanol–water partition coefficient (Wildman–Crippen LogP) is 2.95. The van der Waals surface area contributed by atoms with E-state index in [1.165, 1.54) is 32.8 Å². The van der Waals surface area contributed by atoms with Crippen molar-refractivity contribution < 1.29 is 14.3 Å². The molecule has 0 unspecified atom stereocenters. The van der Waals surface area contributed by atoms with Crippen molar-refractivity contribution in [2.75, 3.05) is 20.3 Å². The Hall–Kier alpha value is -0.830. The van der Waals surface area contributed by atoms with Crippen LogP contribution in [0, 0.1) is 0 Å². The van der Waals surface area contributed by atoms with E-state index in [9.17, 15) is 4.79 Å². The van der Waals surface area contributed by atoms with Crippen LogP contribution in [0.4, 0.5) is 0 Å². The Balaban J connectivity index is 0. The van der Waals surface area contributed by atoms with Gasteiger partial charge in [0.15, 0.2) is 0 Å². The highest BCUT2D eigenvalue weighted by molar-refractivity contribution is 5.80. The second-order valence-corrected chi connectivity index (χ2v) is 3.05. The number of hydrogen-bond acceptors (Lipinski definition) is 3. The summed E-state index contributed by atoms with van der Waals surface area (Å²) >= 11 is 0. The van der Waals surface area contributed by atoms with Gasteiger partial charge in [0.05, 0.1) is 7.11 Å². The third-order valence-electron chi connectivity index (χ3n) is 1.65. The van der Waals surface area contributed by atoms with E-state index in [1.807, 2.05) is 0 Å². The van der Waals surface area contributed by atoms with E-state index in [1.54, 1.807) is 0 Å². The Labute approximate surface area is 93.5 Å². The largest absolute Gasteiger partial charge is 0.466 e. The Morgan fingerprint density at radius 2 is 1.67 bits per heavy atom. The van der Waals surface area contributed by atoms with E-state index < -0.39 is 5.97 Å². The highest BCUT2D eigenvalue weighted by Crippen LogP contribution is 1.91. The zero-order valence-electron chi connectivity index (χ0n) is 10.3. The summed E-state index contributed by atoms with van der Waals surface area (Å²) in [6.07, 6.45) is 6.02. The monoisotopic (exact) mass is 216 g/mol. The number of unbranched alkanes of at least 4 members (excludes halogenated alkanes) is 2. The van der Waals surface area contributed by atoms with Crippen LogP contribution in [0.15, 0.2) is 12.7 Å². The molecule has 0 fully saturated rings. The van der Waals surface area contributed by atoms with Crippen LogP contribution < -0.4 is 0 Å². The smallest absolute Gasteiger partial charge is 0.329 e. The van der Waals surface area contributed by atoms with E-state index in [2.05, 4.69) is 25.2 Å². The van der Waals surface area contributed by atoms with Gasteiger partial charge in [0.1, 0.15) is 0 Å². The van der Waals surface area contributed by atoms with Crippen LogP contribution in [0.25, 0.3) is 0 Å². The number of carbonyl (C=O) groups excluding carboxylic acids is 1. The Kier molecular flexibility index (Phi) is 17.3. The van der Waals surface area contributed by atoms with Gasteiger partial charge in [-0.25, -0.2) is 4.79 Å². The second kappa shape index (κ2) is 15.6. The second-order valence-electron chi connectivity index (χ2n) is 3.05. The molecular formula is C12H24O3. The van der Waals surface area contributed by atoms with Gasteiger partial charge in [-0.1, -0.05) is 33.3 Å². The lowest BCUT2D eigenvalue weighted by Gasteiger charge is -1.99. The minimum atomic E-state index is -0.394. The standard InChI is InChI=1S/C8H18O.C4H6O2/c1-3-5-7-9-8-6-4-2;1-3-4(5)6-2/h3-8H2,1-2H3;3H,1H2,2H3. The van der Waals surface area contributed by atoms with Crippen LogP contribution in [0.3, 0.4) is 0 Å². The maximum Gasteiger partial charge on any atom is 0.329 e. The average molecular weight is 216 g/mol. The molecule has 0 aromatic rings. The molecule has 0 N–H and O–H groups in total. The minimum absolute atomic E-state index is 0.394. The van der Waals surface area contributed by atoms with Crippen LogP contribution in [0.2, 0.25) is 0 Å². The maximum atomic E-state index is 9.84. The Morgan fingerprint density at radius 1 is 1.20 bits per heavy atom. The number of rotatable bonds is 7. The maximum absolute atomic E-state index is 9.84. The van der Waals surface area contributed by atoms with Gasteiger partial charge in [-0.3, -0.25) is 0 Å². The van der Waals surface area contributed by atoms with E-state index in [4.69, 9.17) is 4.74 Å². The van der Waals surface area contributed by atoms with Crippen LogP contribution in [0.5, 0.6) is 0 Å². The first-order valence-electron chi connectivity index (χ1n) is 5.50. The summed E-state index contributed by atoms with van der Waals surface area (Å²) < 4.78 is 9.46. The zero-order valence-corrected chi connectivity index (χ0v) is 10.3. The third-order valence-corrected chi connectivity index (χ3v) is 1.65. The van der Waals surface area contributed by atoms with Crippen molar-refractivity contribution in [2.45, 2.75) is 39.5 Å². The molecule has 0 aliphatic heterocycles. The number of carbonyl (C=O) groups is 1. The topological polar surface area (TPSA) is 35.5 Å². The molecule has 0 rings (SSSR count). The molecule has 90 valence electrons. The third kappa shape index (κ3) is 19.5. The number of hydrogen-bond donors (Lipinski definition) is 0. The predicted molar refractivity (Wildman–Crippen MR) is 62.8 cm³/mol. The van der Waals surface area contributed by atoms with Crippen LogP contribution in [0.1, 0.15) is 39.5 Å². The number of ether oxygens (including phenoxy) is 2. The molecule has 15 heavy (non-hydrogen) atoms. The molecule has 3 nitrogen and oxygen atoms in total. The van der Waals surface area contributed by atoms with E-state index in [0.717, 1.165) is 19.3 Å². The summed E-state index contributed by atoms with van der Waals surface area (Å²) in [6, 6.07) is 0. The summed E-state index contributed by atoms with van der Waals surface area (Å²) in [5.41, 5.74) is 0. The lowest BCUT2D eigenvalue weighted by Crippen LogP contribution is -1.95. The van der Waals surface area contributed by atoms with E-state index in [0.29, 0.717) is 0 Å². The molecule has 0 atom stereocenters. The summed E-state index contributed by atoms with van der Waals surface area (Å²) in [5.74, 6) is -0.394. The fourth-order valence-electron chi connectivity index (χ4n) is 0.678. The van der Waals surface area contributed by atoms with Crippen molar-refractivity contribution in [2.24, 2.45) is 0 Å². The van der Waals surface area contributed by atoms with Crippen molar-refractivity contribution in [1.29, 1.82) is 0 Å². The van der Waals surface area contributed by atoms with Crippen LogP contribution in [-0.4, -0.2) is 26.3 Å². The highest BCUT2D eigenvalue weighted by atomic mass is 16.5. The van der Waals surface area contributed by atoms with Gasteiger partial charge in [-0.15, -0.1) is 0 Å². The minimum Gasteiger partial charge on any atom is -0.466 e. The summed E-state index contributed by atoms with van der Waals surface area (Å²) in [6.45, 7) is 9.43. The number of esters is 1. The fourth-order valence-corrected chi connectivity index (χ4v) is 0.678. The first kappa shape index (κ1) is 16.6. The normalized spacial score (nSPS) is 8.73. The lowest BCUT2D eigenvalue weighted by molar-refractivity contribution is -0.134. The van der Waals surface area contributed by atoms with Crippen molar-refractivity contribution in [1.82, 2.24) is 0 Å². The van der Waals surface area contributed by atoms with Gasteiger partial charge in [-0.05, 0) is 12.8 Å². The molecule has 0 spiro atoms. The SMILES string of the molecule is C=CC(=O)OC.CCCCOCCCC. The molecule has 0 aliphatic rings.